The zero-order valence-electron chi connectivity index (χ0n) is 7.12. The second-order valence-electron chi connectivity index (χ2n) is 2.83. The van der Waals surface area contributed by atoms with Gasteiger partial charge in [0.05, 0.1) is 17.5 Å². The highest BCUT2D eigenvalue weighted by Gasteiger charge is 2.08. The van der Waals surface area contributed by atoms with Crippen LogP contribution in [0, 0.1) is 11.3 Å². The maximum absolute atomic E-state index is 8.74. The SMILES string of the molecule is N#Cc1ccc2c(S)c(CCl)sc2c1. The number of thiophene rings is 1. The van der Waals surface area contributed by atoms with Gasteiger partial charge in [0.1, 0.15) is 0 Å². The van der Waals surface area contributed by atoms with Crippen LogP contribution in [0.3, 0.4) is 0 Å². The minimum Gasteiger partial charge on any atom is -0.192 e. The quantitative estimate of drug-likeness (QED) is 0.594. The highest BCUT2D eigenvalue weighted by molar-refractivity contribution is 7.80. The van der Waals surface area contributed by atoms with Crippen molar-refractivity contribution in [2.24, 2.45) is 0 Å². The third kappa shape index (κ3) is 1.50. The summed E-state index contributed by atoms with van der Waals surface area (Å²) < 4.78 is 1.07. The van der Waals surface area contributed by atoms with Crippen LogP contribution in [-0.2, 0) is 5.88 Å². The summed E-state index contributed by atoms with van der Waals surface area (Å²) in [5.41, 5.74) is 0.674. The third-order valence-corrected chi connectivity index (χ3v) is 4.22. The van der Waals surface area contributed by atoms with Crippen molar-refractivity contribution in [3.8, 4) is 6.07 Å². The van der Waals surface area contributed by atoms with Crippen LogP contribution < -0.4 is 0 Å². The molecule has 14 heavy (non-hydrogen) atoms. The number of hydrogen-bond donors (Lipinski definition) is 1. The smallest absolute Gasteiger partial charge is 0.0992 e. The summed E-state index contributed by atoms with van der Waals surface area (Å²) in [6.07, 6.45) is 0. The van der Waals surface area contributed by atoms with Gasteiger partial charge in [-0.05, 0) is 12.1 Å². The first-order valence-corrected chi connectivity index (χ1v) is 5.76. The van der Waals surface area contributed by atoms with Crippen LogP contribution in [0.25, 0.3) is 10.1 Å². The van der Waals surface area contributed by atoms with Gasteiger partial charge >= 0.3 is 0 Å². The van der Waals surface area contributed by atoms with Crippen LogP contribution in [-0.4, -0.2) is 0 Å². The van der Waals surface area contributed by atoms with Crippen LogP contribution in [0.1, 0.15) is 10.4 Å². The van der Waals surface area contributed by atoms with Crippen molar-refractivity contribution in [2.45, 2.75) is 10.8 Å². The van der Waals surface area contributed by atoms with Gasteiger partial charge in [-0.15, -0.1) is 35.6 Å². The molecule has 0 radical (unpaired) electrons. The van der Waals surface area contributed by atoms with E-state index in [9.17, 15) is 0 Å². The summed E-state index contributed by atoms with van der Waals surface area (Å²) in [6, 6.07) is 7.70. The average molecular weight is 240 g/mol. The van der Waals surface area contributed by atoms with Crippen LogP contribution in [0.4, 0.5) is 0 Å². The minimum absolute atomic E-state index is 0.472. The van der Waals surface area contributed by atoms with E-state index < -0.39 is 0 Å². The molecule has 0 aliphatic heterocycles. The van der Waals surface area contributed by atoms with Crippen molar-refractivity contribution >= 4 is 45.7 Å². The van der Waals surface area contributed by atoms with Crippen LogP contribution in [0.15, 0.2) is 23.1 Å². The Morgan fingerprint density at radius 1 is 1.50 bits per heavy atom. The molecule has 0 saturated carbocycles. The molecule has 0 N–H and O–H groups in total. The van der Waals surface area contributed by atoms with Gasteiger partial charge in [-0.2, -0.15) is 5.26 Å². The number of thiol groups is 1. The van der Waals surface area contributed by atoms with Gasteiger partial charge in [-0.3, -0.25) is 0 Å². The van der Waals surface area contributed by atoms with E-state index in [1.807, 2.05) is 12.1 Å². The Morgan fingerprint density at radius 3 is 2.93 bits per heavy atom. The van der Waals surface area contributed by atoms with Crippen molar-refractivity contribution in [3.05, 3.63) is 28.6 Å². The number of fused-ring (bicyclic) bond motifs is 1. The predicted octanol–water partition coefficient (Wildman–Crippen LogP) is 3.80. The number of nitriles is 1. The molecule has 0 bridgehead atoms. The van der Waals surface area contributed by atoms with E-state index in [4.69, 9.17) is 16.9 Å². The minimum atomic E-state index is 0.472. The number of benzene rings is 1. The number of hydrogen-bond acceptors (Lipinski definition) is 3. The van der Waals surface area contributed by atoms with Crippen molar-refractivity contribution in [1.29, 1.82) is 5.26 Å². The van der Waals surface area contributed by atoms with Crippen molar-refractivity contribution < 1.29 is 0 Å². The van der Waals surface area contributed by atoms with Crippen molar-refractivity contribution in [2.75, 3.05) is 0 Å². The molecule has 0 spiro atoms. The lowest BCUT2D eigenvalue weighted by Gasteiger charge is -1.91. The first kappa shape index (κ1) is 9.85. The number of alkyl halides is 1. The lowest BCUT2D eigenvalue weighted by Crippen LogP contribution is -1.72. The largest absolute Gasteiger partial charge is 0.192 e. The zero-order chi connectivity index (χ0) is 10.1. The maximum atomic E-state index is 8.74. The Kier molecular flexibility index (Phi) is 2.69. The highest BCUT2D eigenvalue weighted by Crippen LogP contribution is 2.35. The normalized spacial score (nSPS) is 10.4. The molecule has 2 rings (SSSR count). The standard InChI is InChI=1S/C10H6ClNS2/c11-4-9-10(13)7-2-1-6(5-12)3-8(7)14-9/h1-3,13H,4H2. The second kappa shape index (κ2) is 3.82. The average Bonchev–Trinajstić information content (AvgIpc) is 2.55. The molecule has 0 amide bonds. The summed E-state index contributed by atoms with van der Waals surface area (Å²) in [5, 5.41) is 9.82. The van der Waals surface area contributed by atoms with E-state index in [1.54, 1.807) is 17.4 Å². The molecule has 1 nitrogen and oxygen atoms in total. The fourth-order valence-electron chi connectivity index (χ4n) is 1.29. The third-order valence-electron chi connectivity index (χ3n) is 1.98. The molecule has 0 aliphatic carbocycles. The molecule has 1 aromatic heterocycles. The first-order valence-electron chi connectivity index (χ1n) is 3.96. The van der Waals surface area contributed by atoms with Gasteiger partial charge in [0, 0.05) is 19.9 Å². The summed E-state index contributed by atoms with van der Waals surface area (Å²) in [6.45, 7) is 0. The summed E-state index contributed by atoms with van der Waals surface area (Å²) in [7, 11) is 0. The molecule has 0 unspecified atom stereocenters. The molecule has 2 aromatic rings. The van der Waals surface area contributed by atoms with Gasteiger partial charge in [-0.25, -0.2) is 0 Å². The van der Waals surface area contributed by atoms with E-state index in [2.05, 4.69) is 18.7 Å². The van der Waals surface area contributed by atoms with Gasteiger partial charge in [0.2, 0.25) is 0 Å². The van der Waals surface area contributed by atoms with E-state index in [-0.39, 0.29) is 0 Å². The Hall–Kier alpha value is -0.690. The van der Waals surface area contributed by atoms with E-state index in [1.165, 1.54) is 0 Å². The topological polar surface area (TPSA) is 23.8 Å². The van der Waals surface area contributed by atoms with E-state index in [0.29, 0.717) is 11.4 Å². The number of nitrogens with zero attached hydrogens (tertiary/aromatic N) is 1. The maximum Gasteiger partial charge on any atom is 0.0992 e. The highest BCUT2D eigenvalue weighted by atomic mass is 35.5. The van der Waals surface area contributed by atoms with Crippen molar-refractivity contribution in [3.63, 3.8) is 0 Å². The van der Waals surface area contributed by atoms with Gasteiger partial charge in [0.15, 0.2) is 0 Å². The summed E-state index contributed by atoms with van der Waals surface area (Å²) in [5.74, 6) is 0.472. The monoisotopic (exact) mass is 239 g/mol. The predicted molar refractivity (Wildman–Crippen MR) is 63.3 cm³/mol. The number of halogens is 1. The first-order chi connectivity index (χ1) is 6.76. The second-order valence-corrected chi connectivity index (χ2v) is 4.68. The zero-order valence-corrected chi connectivity index (χ0v) is 9.59. The van der Waals surface area contributed by atoms with Crippen LogP contribution in [0.5, 0.6) is 0 Å². The van der Waals surface area contributed by atoms with Gasteiger partial charge in [-0.1, -0.05) is 6.07 Å². The van der Waals surface area contributed by atoms with Gasteiger partial charge in [0.25, 0.3) is 0 Å². The van der Waals surface area contributed by atoms with Gasteiger partial charge < -0.3 is 0 Å². The summed E-state index contributed by atoms with van der Waals surface area (Å²) >= 11 is 11.8. The number of rotatable bonds is 1. The van der Waals surface area contributed by atoms with E-state index >= 15 is 0 Å². The molecule has 0 fully saturated rings. The Bertz CT molecular complexity index is 525. The molecule has 0 saturated heterocycles. The fraction of sp³-hybridized carbons (Fsp3) is 0.100. The molecular weight excluding hydrogens is 234 g/mol. The van der Waals surface area contributed by atoms with E-state index in [0.717, 1.165) is 19.9 Å². The molecule has 70 valence electrons. The Balaban J connectivity index is 2.74. The summed E-state index contributed by atoms with van der Waals surface area (Å²) in [4.78, 5) is 1.99. The molecule has 0 atom stereocenters. The lowest BCUT2D eigenvalue weighted by molar-refractivity contribution is 1.41. The van der Waals surface area contributed by atoms with Crippen LogP contribution in [0.2, 0.25) is 0 Å². The Morgan fingerprint density at radius 2 is 2.29 bits per heavy atom. The Labute approximate surface area is 96.3 Å². The molecular formula is C10H6ClNS2. The van der Waals surface area contributed by atoms with Crippen molar-refractivity contribution in [1.82, 2.24) is 0 Å². The fourth-order valence-corrected chi connectivity index (χ4v) is 3.16. The molecule has 1 aromatic carbocycles. The van der Waals surface area contributed by atoms with Crippen LogP contribution >= 0.6 is 35.6 Å². The molecule has 1 heterocycles. The molecule has 4 heteroatoms. The lowest BCUT2D eigenvalue weighted by atomic mass is 10.2. The molecule has 0 aliphatic rings.